The molecule has 0 spiro atoms. The van der Waals surface area contributed by atoms with Gasteiger partial charge in [-0.2, -0.15) is 0 Å². The number of rotatable bonds is 5. The Morgan fingerprint density at radius 3 is 1.83 bits per heavy atom. The molecule has 0 amide bonds. The zero-order valence-electron chi connectivity index (χ0n) is 31.2. The maximum absolute atomic E-state index is 6.69. The van der Waals surface area contributed by atoms with Gasteiger partial charge in [-0.15, -0.1) is 11.3 Å². The fourth-order valence-electron chi connectivity index (χ4n) is 8.68. The summed E-state index contributed by atoms with van der Waals surface area (Å²) in [5.74, 6) is 0.684. The Kier molecular flexibility index (Phi) is 7.40. The molecule has 0 aliphatic carbocycles. The van der Waals surface area contributed by atoms with Crippen molar-refractivity contribution in [2.45, 2.75) is 0 Å². The highest BCUT2D eigenvalue weighted by molar-refractivity contribution is 7.26. The number of furan rings is 1. The zero-order chi connectivity index (χ0) is 38.2. The standard InChI is InChI=1S/C54H32N2OS/c1-2-11-33(12-3-1)34-23-27-38(28-24-34)51-53-52(44-18-8-9-20-49(44)58-53)56-54(55-51)45-32-48-50(43-17-7-6-16-42(43)45)46-31-39(29-30-47(46)57-48)35-21-25-37(26-22-35)41-19-10-14-36-13-4-5-15-40(36)41/h1-32H. The van der Waals surface area contributed by atoms with Gasteiger partial charge in [0.2, 0.25) is 0 Å². The van der Waals surface area contributed by atoms with Crippen LogP contribution in [0.2, 0.25) is 0 Å². The van der Waals surface area contributed by atoms with E-state index in [4.69, 9.17) is 14.4 Å². The number of hydrogen-bond acceptors (Lipinski definition) is 4. The Balaban J connectivity index is 1.00. The first-order chi connectivity index (χ1) is 28.7. The van der Waals surface area contributed by atoms with Gasteiger partial charge in [0, 0.05) is 32.0 Å². The highest BCUT2D eigenvalue weighted by Crippen LogP contribution is 2.44. The molecule has 0 fully saturated rings. The van der Waals surface area contributed by atoms with Crippen LogP contribution in [0.3, 0.4) is 0 Å². The molecule has 270 valence electrons. The summed E-state index contributed by atoms with van der Waals surface area (Å²) in [5, 5.41) is 8.04. The molecule has 12 rings (SSSR count). The van der Waals surface area contributed by atoms with E-state index in [1.54, 1.807) is 11.3 Å². The smallest absolute Gasteiger partial charge is 0.161 e. The highest BCUT2D eigenvalue weighted by atomic mass is 32.1. The Morgan fingerprint density at radius 2 is 1.00 bits per heavy atom. The lowest BCUT2D eigenvalue weighted by atomic mass is 9.95. The second-order valence-electron chi connectivity index (χ2n) is 14.9. The fourth-order valence-corrected chi connectivity index (χ4v) is 9.84. The lowest BCUT2D eigenvalue weighted by molar-refractivity contribution is 0.669. The van der Waals surface area contributed by atoms with Crippen LogP contribution in [0, 0.1) is 0 Å². The van der Waals surface area contributed by atoms with Crippen molar-refractivity contribution in [2.24, 2.45) is 0 Å². The summed E-state index contributed by atoms with van der Waals surface area (Å²) in [6.07, 6.45) is 0. The minimum atomic E-state index is 0.684. The average molecular weight is 757 g/mol. The van der Waals surface area contributed by atoms with Crippen molar-refractivity contribution in [1.29, 1.82) is 0 Å². The maximum atomic E-state index is 6.69. The van der Waals surface area contributed by atoms with E-state index in [9.17, 15) is 0 Å². The summed E-state index contributed by atoms with van der Waals surface area (Å²) in [5.41, 5.74) is 12.7. The SMILES string of the molecule is c1ccc(-c2ccc(-c3nc(-c4cc5oc6ccc(-c7ccc(-c8cccc9ccccc89)cc7)cc6c5c5ccccc45)nc4c3sc3ccccc34)cc2)cc1. The van der Waals surface area contributed by atoms with Crippen LogP contribution in [0.25, 0.3) is 120 Å². The quantitative estimate of drug-likeness (QED) is 0.176. The summed E-state index contributed by atoms with van der Waals surface area (Å²) < 4.78 is 8.97. The molecule has 0 saturated carbocycles. The third kappa shape index (κ3) is 5.27. The van der Waals surface area contributed by atoms with E-state index in [-0.39, 0.29) is 0 Å². The summed E-state index contributed by atoms with van der Waals surface area (Å²) in [6, 6.07) is 69.1. The van der Waals surface area contributed by atoms with Gasteiger partial charge in [0.1, 0.15) is 11.2 Å². The van der Waals surface area contributed by atoms with E-state index in [1.165, 1.54) is 37.7 Å². The van der Waals surface area contributed by atoms with Crippen molar-refractivity contribution in [2.75, 3.05) is 0 Å². The van der Waals surface area contributed by atoms with E-state index in [2.05, 4.69) is 194 Å². The van der Waals surface area contributed by atoms with Crippen molar-refractivity contribution in [1.82, 2.24) is 9.97 Å². The molecule has 0 radical (unpaired) electrons. The largest absolute Gasteiger partial charge is 0.456 e. The monoisotopic (exact) mass is 756 g/mol. The molecule has 0 unspecified atom stereocenters. The summed E-state index contributed by atoms with van der Waals surface area (Å²) in [4.78, 5) is 10.8. The second kappa shape index (κ2) is 13.1. The Labute approximate surface area is 338 Å². The summed E-state index contributed by atoms with van der Waals surface area (Å²) in [7, 11) is 0. The first-order valence-electron chi connectivity index (χ1n) is 19.6. The highest BCUT2D eigenvalue weighted by Gasteiger charge is 2.21. The summed E-state index contributed by atoms with van der Waals surface area (Å²) in [6.45, 7) is 0. The van der Waals surface area contributed by atoms with Crippen LogP contribution in [0.15, 0.2) is 199 Å². The van der Waals surface area contributed by atoms with E-state index >= 15 is 0 Å². The molecule has 3 heterocycles. The number of aromatic nitrogens is 2. The Bertz CT molecular complexity index is 3540. The zero-order valence-corrected chi connectivity index (χ0v) is 32.0. The van der Waals surface area contributed by atoms with E-state index in [0.717, 1.165) is 76.3 Å². The molecule has 4 heteroatoms. The van der Waals surface area contributed by atoms with Crippen LogP contribution in [-0.4, -0.2) is 9.97 Å². The van der Waals surface area contributed by atoms with E-state index in [0.29, 0.717) is 5.82 Å². The van der Waals surface area contributed by atoms with Crippen molar-refractivity contribution in [3.8, 4) is 56.0 Å². The van der Waals surface area contributed by atoms with Gasteiger partial charge >= 0.3 is 0 Å². The van der Waals surface area contributed by atoms with Crippen LogP contribution in [0.5, 0.6) is 0 Å². The molecule has 0 N–H and O–H groups in total. The van der Waals surface area contributed by atoms with Gasteiger partial charge in [-0.1, -0.05) is 170 Å². The molecule has 9 aromatic carbocycles. The number of benzene rings is 9. The van der Waals surface area contributed by atoms with Crippen molar-refractivity contribution in [3.05, 3.63) is 194 Å². The Morgan fingerprint density at radius 1 is 0.379 bits per heavy atom. The molecule has 0 atom stereocenters. The van der Waals surface area contributed by atoms with Crippen LogP contribution in [-0.2, 0) is 0 Å². The Hall–Kier alpha value is -7.40. The van der Waals surface area contributed by atoms with Gasteiger partial charge in [-0.05, 0) is 79.2 Å². The predicted octanol–water partition coefficient (Wildman–Crippen LogP) is 15.4. The average Bonchev–Trinajstić information content (AvgIpc) is 3.87. The van der Waals surface area contributed by atoms with Gasteiger partial charge in [0.05, 0.1) is 15.9 Å². The second-order valence-corrected chi connectivity index (χ2v) is 15.9. The third-order valence-corrected chi connectivity index (χ3v) is 12.7. The number of fused-ring (bicyclic) bond motifs is 9. The molecular formula is C54H32N2OS. The molecule has 0 saturated heterocycles. The lowest BCUT2D eigenvalue weighted by Crippen LogP contribution is -1.95. The van der Waals surface area contributed by atoms with Gasteiger partial charge < -0.3 is 4.42 Å². The van der Waals surface area contributed by atoms with Gasteiger partial charge in [-0.25, -0.2) is 9.97 Å². The van der Waals surface area contributed by atoms with Crippen molar-refractivity contribution >= 4 is 75.1 Å². The van der Waals surface area contributed by atoms with Gasteiger partial charge in [0.25, 0.3) is 0 Å². The molecule has 0 bridgehead atoms. The fraction of sp³-hybridized carbons (Fsp3) is 0. The molecule has 0 aliphatic rings. The summed E-state index contributed by atoms with van der Waals surface area (Å²) >= 11 is 1.75. The first-order valence-corrected chi connectivity index (χ1v) is 20.4. The molecule has 3 nitrogen and oxygen atoms in total. The molecular weight excluding hydrogens is 725 g/mol. The maximum Gasteiger partial charge on any atom is 0.161 e. The lowest BCUT2D eigenvalue weighted by Gasteiger charge is -2.11. The number of hydrogen-bond donors (Lipinski definition) is 0. The normalized spacial score (nSPS) is 11.8. The number of nitrogens with zero attached hydrogens (tertiary/aromatic N) is 2. The molecule has 0 aliphatic heterocycles. The molecule has 3 aromatic heterocycles. The topological polar surface area (TPSA) is 38.9 Å². The van der Waals surface area contributed by atoms with Crippen LogP contribution in [0.4, 0.5) is 0 Å². The van der Waals surface area contributed by atoms with E-state index in [1.807, 2.05) is 0 Å². The first kappa shape index (κ1) is 32.8. The van der Waals surface area contributed by atoms with Crippen LogP contribution in [0.1, 0.15) is 0 Å². The van der Waals surface area contributed by atoms with E-state index < -0.39 is 0 Å². The molecule has 58 heavy (non-hydrogen) atoms. The third-order valence-electron chi connectivity index (χ3n) is 11.5. The van der Waals surface area contributed by atoms with Crippen molar-refractivity contribution in [3.63, 3.8) is 0 Å². The molecule has 12 aromatic rings. The van der Waals surface area contributed by atoms with Gasteiger partial charge in [0.15, 0.2) is 5.82 Å². The van der Waals surface area contributed by atoms with Crippen LogP contribution < -0.4 is 0 Å². The predicted molar refractivity (Wildman–Crippen MR) is 244 cm³/mol. The number of thiophene rings is 1. The van der Waals surface area contributed by atoms with Crippen molar-refractivity contribution < 1.29 is 4.42 Å². The minimum absolute atomic E-state index is 0.684. The van der Waals surface area contributed by atoms with Crippen LogP contribution >= 0.6 is 11.3 Å². The minimum Gasteiger partial charge on any atom is -0.456 e. The van der Waals surface area contributed by atoms with Gasteiger partial charge in [-0.3, -0.25) is 0 Å².